The molecule has 1 aliphatic carbocycles. The van der Waals surface area contributed by atoms with E-state index >= 15 is 0 Å². The zero-order valence-electron chi connectivity index (χ0n) is 9.80. The fraction of sp³-hybridized carbons (Fsp3) is 0.385. The van der Waals surface area contributed by atoms with Crippen LogP contribution in [0.5, 0.6) is 5.75 Å². The SMILES string of the molecule is O=C1NC(Cc2ccc(O)cc2)C(=O)N1C1CC1. The number of amides is 3. The maximum atomic E-state index is 12.1. The molecule has 5 nitrogen and oxygen atoms in total. The van der Waals surface area contributed by atoms with Gasteiger partial charge in [-0.1, -0.05) is 12.1 Å². The molecule has 1 saturated heterocycles. The molecule has 0 bridgehead atoms. The molecule has 2 fully saturated rings. The van der Waals surface area contributed by atoms with E-state index < -0.39 is 6.04 Å². The molecule has 1 aromatic rings. The number of benzene rings is 1. The number of phenolic OH excluding ortho intramolecular Hbond substituents is 1. The van der Waals surface area contributed by atoms with Crippen LogP contribution in [-0.4, -0.2) is 34.0 Å². The van der Waals surface area contributed by atoms with Crippen molar-refractivity contribution in [3.8, 4) is 5.75 Å². The van der Waals surface area contributed by atoms with Crippen molar-refractivity contribution >= 4 is 11.9 Å². The van der Waals surface area contributed by atoms with Crippen LogP contribution in [0.4, 0.5) is 4.79 Å². The summed E-state index contributed by atoms with van der Waals surface area (Å²) in [6, 6.07) is 6.05. The summed E-state index contributed by atoms with van der Waals surface area (Å²) < 4.78 is 0. The Hall–Kier alpha value is -2.04. The van der Waals surface area contributed by atoms with Crippen molar-refractivity contribution in [2.24, 2.45) is 0 Å². The Balaban J connectivity index is 1.72. The predicted octanol–water partition coefficient (Wildman–Crippen LogP) is 1.02. The van der Waals surface area contributed by atoms with Crippen LogP contribution in [-0.2, 0) is 11.2 Å². The minimum Gasteiger partial charge on any atom is -0.508 e. The number of imide groups is 1. The third kappa shape index (κ3) is 1.92. The Morgan fingerprint density at radius 3 is 2.50 bits per heavy atom. The van der Waals surface area contributed by atoms with Crippen molar-refractivity contribution in [2.45, 2.75) is 31.3 Å². The van der Waals surface area contributed by atoms with Gasteiger partial charge in [-0.2, -0.15) is 0 Å². The van der Waals surface area contributed by atoms with E-state index in [0.717, 1.165) is 18.4 Å². The monoisotopic (exact) mass is 246 g/mol. The van der Waals surface area contributed by atoms with Gasteiger partial charge in [-0.05, 0) is 30.5 Å². The van der Waals surface area contributed by atoms with Crippen LogP contribution < -0.4 is 5.32 Å². The zero-order valence-corrected chi connectivity index (χ0v) is 9.80. The number of carbonyl (C=O) groups excluding carboxylic acids is 2. The summed E-state index contributed by atoms with van der Waals surface area (Å²) in [6.45, 7) is 0. The second kappa shape index (κ2) is 4.01. The number of phenols is 1. The molecule has 5 heteroatoms. The number of hydrogen-bond acceptors (Lipinski definition) is 3. The molecule has 18 heavy (non-hydrogen) atoms. The molecular formula is C13H14N2O3. The molecule has 3 amide bonds. The highest BCUT2D eigenvalue weighted by Crippen LogP contribution is 2.30. The zero-order chi connectivity index (χ0) is 12.7. The molecule has 1 aliphatic heterocycles. The maximum Gasteiger partial charge on any atom is 0.325 e. The summed E-state index contributed by atoms with van der Waals surface area (Å²) in [5, 5.41) is 11.9. The summed E-state index contributed by atoms with van der Waals surface area (Å²) in [4.78, 5) is 25.1. The standard InChI is InChI=1S/C13H14N2O3/c16-10-5-1-8(2-6-10)7-11-12(17)15(9-3-4-9)13(18)14-11/h1-2,5-6,9,11,16H,3-4,7H2,(H,14,18). The molecule has 3 rings (SSSR count). The van der Waals surface area contributed by atoms with E-state index in [1.54, 1.807) is 24.3 Å². The summed E-state index contributed by atoms with van der Waals surface area (Å²) in [7, 11) is 0. The Morgan fingerprint density at radius 1 is 1.22 bits per heavy atom. The van der Waals surface area contributed by atoms with Crippen LogP contribution >= 0.6 is 0 Å². The Kier molecular flexibility index (Phi) is 2.47. The van der Waals surface area contributed by atoms with Crippen molar-refractivity contribution < 1.29 is 14.7 Å². The van der Waals surface area contributed by atoms with Gasteiger partial charge < -0.3 is 10.4 Å². The fourth-order valence-electron chi connectivity index (χ4n) is 2.23. The third-order valence-electron chi connectivity index (χ3n) is 3.34. The van der Waals surface area contributed by atoms with Gasteiger partial charge in [0.15, 0.2) is 0 Å². The Bertz CT molecular complexity index is 493. The molecular weight excluding hydrogens is 232 g/mol. The van der Waals surface area contributed by atoms with Gasteiger partial charge in [0, 0.05) is 12.5 Å². The normalized spacial score (nSPS) is 23.3. The molecule has 2 N–H and O–H groups in total. The van der Waals surface area contributed by atoms with Crippen LogP contribution in [0.2, 0.25) is 0 Å². The van der Waals surface area contributed by atoms with Crippen LogP contribution in [0.1, 0.15) is 18.4 Å². The third-order valence-corrected chi connectivity index (χ3v) is 3.34. The average molecular weight is 246 g/mol. The molecule has 1 atom stereocenters. The van der Waals surface area contributed by atoms with E-state index in [9.17, 15) is 14.7 Å². The lowest BCUT2D eigenvalue weighted by Gasteiger charge is -2.11. The first-order valence-corrected chi connectivity index (χ1v) is 6.06. The summed E-state index contributed by atoms with van der Waals surface area (Å²) in [5.41, 5.74) is 0.920. The summed E-state index contributed by atoms with van der Waals surface area (Å²) in [6.07, 6.45) is 2.31. The van der Waals surface area contributed by atoms with E-state index in [-0.39, 0.29) is 23.7 Å². The van der Waals surface area contributed by atoms with Crippen molar-refractivity contribution in [1.29, 1.82) is 0 Å². The van der Waals surface area contributed by atoms with Gasteiger partial charge in [0.1, 0.15) is 11.8 Å². The molecule has 94 valence electrons. The Morgan fingerprint density at radius 2 is 1.89 bits per heavy atom. The average Bonchev–Trinajstić information content (AvgIpc) is 3.12. The van der Waals surface area contributed by atoms with E-state index in [1.165, 1.54) is 4.90 Å². The van der Waals surface area contributed by atoms with Gasteiger partial charge in [-0.3, -0.25) is 9.69 Å². The van der Waals surface area contributed by atoms with E-state index in [4.69, 9.17) is 0 Å². The second-order valence-electron chi connectivity index (χ2n) is 4.81. The van der Waals surface area contributed by atoms with E-state index in [1.807, 2.05) is 0 Å². The minimum atomic E-state index is -0.470. The molecule has 0 radical (unpaired) electrons. The van der Waals surface area contributed by atoms with Gasteiger partial charge in [-0.15, -0.1) is 0 Å². The quantitative estimate of drug-likeness (QED) is 0.782. The number of hydrogen-bond donors (Lipinski definition) is 2. The lowest BCUT2D eigenvalue weighted by Crippen LogP contribution is -2.34. The molecule has 2 aliphatic rings. The maximum absolute atomic E-state index is 12.1. The number of aromatic hydroxyl groups is 1. The van der Waals surface area contributed by atoms with E-state index in [2.05, 4.69) is 5.32 Å². The first-order chi connectivity index (χ1) is 8.65. The van der Waals surface area contributed by atoms with Crippen LogP contribution in [0.3, 0.4) is 0 Å². The van der Waals surface area contributed by atoms with Crippen LogP contribution in [0, 0.1) is 0 Å². The molecule has 1 aromatic carbocycles. The molecule has 1 unspecified atom stereocenters. The van der Waals surface area contributed by atoms with Gasteiger partial charge in [-0.25, -0.2) is 4.79 Å². The molecule has 1 heterocycles. The number of carbonyl (C=O) groups is 2. The van der Waals surface area contributed by atoms with Gasteiger partial charge >= 0.3 is 6.03 Å². The second-order valence-corrected chi connectivity index (χ2v) is 4.81. The highest BCUT2D eigenvalue weighted by Gasteiger charge is 2.45. The highest BCUT2D eigenvalue weighted by atomic mass is 16.3. The minimum absolute atomic E-state index is 0.113. The Labute approximate surface area is 104 Å². The largest absolute Gasteiger partial charge is 0.508 e. The summed E-state index contributed by atoms with van der Waals surface area (Å²) >= 11 is 0. The van der Waals surface area contributed by atoms with Gasteiger partial charge in [0.2, 0.25) is 0 Å². The molecule has 0 spiro atoms. The first-order valence-electron chi connectivity index (χ1n) is 6.06. The van der Waals surface area contributed by atoms with Crippen LogP contribution in [0.15, 0.2) is 24.3 Å². The number of nitrogens with one attached hydrogen (secondary N) is 1. The molecule has 0 aromatic heterocycles. The number of rotatable bonds is 3. The smallest absolute Gasteiger partial charge is 0.325 e. The summed E-state index contributed by atoms with van der Waals surface area (Å²) in [5.74, 6) is 0.0655. The van der Waals surface area contributed by atoms with Crippen LogP contribution in [0.25, 0.3) is 0 Å². The van der Waals surface area contributed by atoms with Gasteiger partial charge in [0.05, 0.1) is 0 Å². The fourth-order valence-corrected chi connectivity index (χ4v) is 2.23. The van der Waals surface area contributed by atoms with E-state index in [0.29, 0.717) is 6.42 Å². The van der Waals surface area contributed by atoms with Crippen molar-refractivity contribution in [2.75, 3.05) is 0 Å². The number of urea groups is 1. The predicted molar refractivity (Wildman–Crippen MR) is 64.0 cm³/mol. The first kappa shape index (κ1) is 11.1. The highest BCUT2D eigenvalue weighted by molar-refractivity contribution is 6.04. The topological polar surface area (TPSA) is 69.6 Å². The lowest BCUT2D eigenvalue weighted by molar-refractivity contribution is -0.127. The molecule has 1 saturated carbocycles. The van der Waals surface area contributed by atoms with Crippen molar-refractivity contribution in [3.63, 3.8) is 0 Å². The van der Waals surface area contributed by atoms with Crippen molar-refractivity contribution in [3.05, 3.63) is 29.8 Å². The lowest BCUT2D eigenvalue weighted by atomic mass is 10.1. The van der Waals surface area contributed by atoms with Gasteiger partial charge in [0.25, 0.3) is 5.91 Å². The van der Waals surface area contributed by atoms with Crippen molar-refractivity contribution in [1.82, 2.24) is 10.2 Å². The number of nitrogens with zero attached hydrogens (tertiary/aromatic N) is 1.